The van der Waals surface area contributed by atoms with Crippen LogP contribution in [0.15, 0.2) is 91.0 Å². The molecule has 0 unspecified atom stereocenters. The van der Waals surface area contributed by atoms with Gasteiger partial charge in [0.15, 0.2) is 5.01 Å². The van der Waals surface area contributed by atoms with E-state index < -0.39 is 4.92 Å². The zero-order valence-electron chi connectivity index (χ0n) is 15.8. The third-order valence-electron chi connectivity index (χ3n) is 4.45. The summed E-state index contributed by atoms with van der Waals surface area (Å²) in [5.41, 5.74) is 3.45. The lowest BCUT2D eigenvalue weighted by atomic mass is 10.1. The first-order chi connectivity index (χ1) is 14.6. The van der Waals surface area contributed by atoms with Crippen LogP contribution in [-0.2, 0) is 0 Å². The van der Waals surface area contributed by atoms with Gasteiger partial charge in [0.2, 0.25) is 5.78 Å². The Kier molecular flexibility index (Phi) is 5.59. The molecular weight excluding hydrogens is 396 g/mol. The fraction of sp³-hybridized carbons (Fsp3) is 0. The molecule has 0 fully saturated rings. The number of nitrogens with zero attached hydrogens (tertiary/aromatic N) is 2. The highest BCUT2D eigenvalue weighted by atomic mass is 32.1. The summed E-state index contributed by atoms with van der Waals surface area (Å²) >= 11 is 1.36. The van der Waals surface area contributed by atoms with Crippen LogP contribution in [0.5, 0.6) is 0 Å². The number of rotatable bonds is 6. The Hall–Kier alpha value is -3.90. The summed E-state index contributed by atoms with van der Waals surface area (Å²) in [7, 11) is 0. The number of nitro groups is 1. The Morgan fingerprint density at radius 2 is 1.47 bits per heavy atom. The molecule has 6 heteroatoms. The standard InChI is InChI=1S/C24H16N2O3S/c27-21(16-13-17-11-14-20(15-12-17)26(28)29)24-25-22(18-7-3-1-4-8-18)23(30-24)19-9-5-2-6-10-19/h1-16H. The highest BCUT2D eigenvalue weighted by Crippen LogP contribution is 2.37. The summed E-state index contributed by atoms with van der Waals surface area (Å²) in [5, 5.41) is 11.2. The van der Waals surface area contributed by atoms with Crippen LogP contribution < -0.4 is 0 Å². The Labute approximate surface area is 177 Å². The number of carbonyl (C=O) groups excluding carboxylic acids is 1. The van der Waals surface area contributed by atoms with E-state index in [4.69, 9.17) is 0 Å². The first kappa shape index (κ1) is 19.4. The third kappa shape index (κ3) is 4.24. The maximum absolute atomic E-state index is 12.8. The SMILES string of the molecule is O=C(C=Cc1ccc([N+](=O)[O-])cc1)c1nc(-c2ccccc2)c(-c2ccccc2)s1. The van der Waals surface area contributed by atoms with Gasteiger partial charge in [0.1, 0.15) is 0 Å². The number of hydrogen-bond acceptors (Lipinski definition) is 5. The van der Waals surface area contributed by atoms with E-state index >= 15 is 0 Å². The molecule has 0 bridgehead atoms. The van der Waals surface area contributed by atoms with Crippen molar-refractivity contribution in [2.75, 3.05) is 0 Å². The zero-order chi connectivity index (χ0) is 20.9. The van der Waals surface area contributed by atoms with Gasteiger partial charge in [-0.25, -0.2) is 4.98 Å². The second-order valence-corrected chi connectivity index (χ2v) is 7.47. The number of hydrogen-bond donors (Lipinski definition) is 0. The van der Waals surface area contributed by atoms with Crippen LogP contribution in [0, 0.1) is 10.1 Å². The van der Waals surface area contributed by atoms with Gasteiger partial charge in [0.05, 0.1) is 15.5 Å². The van der Waals surface area contributed by atoms with Crippen molar-refractivity contribution >= 4 is 28.9 Å². The Bertz CT molecular complexity index is 1160. The van der Waals surface area contributed by atoms with Crippen molar-refractivity contribution in [3.63, 3.8) is 0 Å². The lowest BCUT2D eigenvalue weighted by Gasteiger charge is -2.02. The summed E-state index contributed by atoms with van der Waals surface area (Å²) in [5.74, 6) is -0.210. The number of ketones is 1. The predicted octanol–water partition coefficient (Wildman–Crippen LogP) is 6.28. The van der Waals surface area contributed by atoms with Crippen LogP contribution in [0.25, 0.3) is 27.8 Å². The molecule has 0 spiro atoms. The molecule has 0 atom stereocenters. The highest BCUT2D eigenvalue weighted by molar-refractivity contribution is 7.17. The number of aromatic nitrogens is 1. The van der Waals surface area contributed by atoms with Crippen LogP contribution in [0.1, 0.15) is 15.4 Å². The van der Waals surface area contributed by atoms with Crippen LogP contribution >= 0.6 is 11.3 Å². The van der Waals surface area contributed by atoms with Crippen molar-refractivity contribution in [3.8, 4) is 21.7 Å². The summed E-state index contributed by atoms with van der Waals surface area (Å²) in [6, 6.07) is 25.7. The zero-order valence-corrected chi connectivity index (χ0v) is 16.6. The molecule has 0 aliphatic rings. The first-order valence-electron chi connectivity index (χ1n) is 9.20. The van der Waals surface area contributed by atoms with Gasteiger partial charge >= 0.3 is 0 Å². The van der Waals surface area contributed by atoms with Crippen LogP contribution in [0.2, 0.25) is 0 Å². The number of non-ortho nitro benzene ring substituents is 1. The van der Waals surface area contributed by atoms with E-state index in [1.165, 1.54) is 29.5 Å². The Balaban J connectivity index is 1.66. The number of allylic oxidation sites excluding steroid dienone is 1. The van der Waals surface area contributed by atoms with E-state index in [0.29, 0.717) is 10.6 Å². The normalized spacial score (nSPS) is 10.9. The summed E-state index contributed by atoms with van der Waals surface area (Å²) in [4.78, 5) is 28.7. The molecule has 1 heterocycles. The lowest BCUT2D eigenvalue weighted by Crippen LogP contribution is -1.93. The second kappa shape index (κ2) is 8.63. The Morgan fingerprint density at radius 1 is 0.867 bits per heavy atom. The number of thiazole rings is 1. The van der Waals surface area contributed by atoms with Crippen molar-refractivity contribution < 1.29 is 9.72 Å². The molecule has 5 nitrogen and oxygen atoms in total. The number of nitro benzene ring substituents is 1. The van der Waals surface area contributed by atoms with E-state index in [2.05, 4.69) is 4.98 Å². The smallest absolute Gasteiger partial charge is 0.269 e. The summed E-state index contributed by atoms with van der Waals surface area (Å²) < 4.78 is 0. The minimum atomic E-state index is -0.454. The molecule has 0 aliphatic heterocycles. The third-order valence-corrected chi connectivity index (χ3v) is 5.57. The van der Waals surface area contributed by atoms with Crippen molar-refractivity contribution in [2.24, 2.45) is 0 Å². The molecule has 4 aromatic rings. The molecule has 0 aliphatic carbocycles. The van der Waals surface area contributed by atoms with Gasteiger partial charge in [-0.05, 0) is 29.3 Å². The van der Waals surface area contributed by atoms with Crippen molar-refractivity contribution in [1.82, 2.24) is 4.98 Å². The lowest BCUT2D eigenvalue weighted by molar-refractivity contribution is -0.384. The molecule has 0 saturated carbocycles. The molecule has 146 valence electrons. The molecule has 0 amide bonds. The maximum Gasteiger partial charge on any atom is 0.269 e. The van der Waals surface area contributed by atoms with E-state index in [0.717, 1.165) is 21.7 Å². The molecule has 0 radical (unpaired) electrons. The number of benzene rings is 3. The highest BCUT2D eigenvalue weighted by Gasteiger charge is 2.17. The van der Waals surface area contributed by atoms with Crippen molar-refractivity contribution in [1.29, 1.82) is 0 Å². The Morgan fingerprint density at radius 3 is 2.07 bits per heavy atom. The molecule has 4 rings (SSSR count). The second-order valence-electron chi connectivity index (χ2n) is 6.48. The fourth-order valence-electron chi connectivity index (χ4n) is 2.95. The monoisotopic (exact) mass is 412 g/mol. The van der Waals surface area contributed by atoms with Gasteiger partial charge < -0.3 is 0 Å². The molecule has 0 saturated heterocycles. The molecule has 1 aromatic heterocycles. The predicted molar refractivity (Wildman–Crippen MR) is 119 cm³/mol. The van der Waals surface area contributed by atoms with Crippen molar-refractivity contribution in [2.45, 2.75) is 0 Å². The summed E-state index contributed by atoms with van der Waals surface area (Å²) in [6.07, 6.45) is 3.08. The van der Waals surface area contributed by atoms with E-state index in [1.807, 2.05) is 60.7 Å². The van der Waals surface area contributed by atoms with Crippen LogP contribution in [0.4, 0.5) is 5.69 Å². The van der Waals surface area contributed by atoms with Crippen LogP contribution in [-0.4, -0.2) is 15.7 Å². The van der Waals surface area contributed by atoms with E-state index in [1.54, 1.807) is 18.2 Å². The van der Waals surface area contributed by atoms with Gasteiger partial charge in [-0.3, -0.25) is 14.9 Å². The van der Waals surface area contributed by atoms with E-state index in [9.17, 15) is 14.9 Å². The molecule has 0 N–H and O–H groups in total. The maximum atomic E-state index is 12.8. The van der Waals surface area contributed by atoms with Crippen molar-refractivity contribution in [3.05, 3.63) is 112 Å². The topological polar surface area (TPSA) is 73.1 Å². The van der Waals surface area contributed by atoms with Gasteiger partial charge in [-0.15, -0.1) is 11.3 Å². The average Bonchev–Trinajstić information content (AvgIpc) is 3.24. The first-order valence-corrected chi connectivity index (χ1v) is 10.0. The van der Waals surface area contributed by atoms with Gasteiger partial charge in [0, 0.05) is 17.7 Å². The molecule has 30 heavy (non-hydrogen) atoms. The minimum absolute atomic E-state index is 0.0124. The number of carbonyl (C=O) groups is 1. The molecular formula is C24H16N2O3S. The molecule has 3 aromatic carbocycles. The largest absolute Gasteiger partial charge is 0.287 e. The average molecular weight is 412 g/mol. The van der Waals surface area contributed by atoms with Gasteiger partial charge in [0.25, 0.3) is 5.69 Å². The quantitative estimate of drug-likeness (QED) is 0.162. The van der Waals surface area contributed by atoms with E-state index in [-0.39, 0.29) is 11.5 Å². The summed E-state index contributed by atoms with van der Waals surface area (Å²) in [6.45, 7) is 0. The minimum Gasteiger partial charge on any atom is -0.287 e. The van der Waals surface area contributed by atoms with Crippen LogP contribution in [0.3, 0.4) is 0 Å². The van der Waals surface area contributed by atoms with Gasteiger partial charge in [-0.2, -0.15) is 0 Å². The van der Waals surface area contributed by atoms with Gasteiger partial charge in [-0.1, -0.05) is 66.7 Å². The fourth-order valence-corrected chi connectivity index (χ4v) is 3.97.